The van der Waals surface area contributed by atoms with E-state index in [4.69, 9.17) is 50.1 Å². The molecule has 0 saturated carbocycles. The molecule has 0 amide bonds. The topological polar surface area (TPSA) is 225 Å². The van der Waals surface area contributed by atoms with Crippen LogP contribution in [0.3, 0.4) is 0 Å². The number of halogens is 3. The Bertz CT molecular complexity index is 2300. The SMILES string of the molecule is O=C(O)c1cc(=O)n(-c2ccc(Cl)cc2)[nH]1.O=C(O)c1cc(=O)n(-c2cccc(Cl)c2)[nH]1.O=C(O)c1cc(=O)n(-c2ccccc2Cl)[nH]1. The molecule has 0 aliphatic carbocycles. The number of carboxylic acid groups (broad SMARTS) is 3. The van der Waals surface area contributed by atoms with E-state index in [2.05, 4.69) is 15.3 Å². The first-order chi connectivity index (χ1) is 22.7. The second-order valence-electron chi connectivity index (χ2n) is 9.35. The highest BCUT2D eigenvalue weighted by atomic mass is 35.5. The van der Waals surface area contributed by atoms with Gasteiger partial charge in [-0.3, -0.25) is 29.7 Å². The van der Waals surface area contributed by atoms with E-state index in [1.54, 1.807) is 72.8 Å². The summed E-state index contributed by atoms with van der Waals surface area (Å²) in [4.78, 5) is 66.4. The summed E-state index contributed by atoms with van der Waals surface area (Å²) in [6.07, 6.45) is 0. The third-order valence-corrected chi connectivity index (χ3v) is 6.90. The first-order valence-corrected chi connectivity index (χ1v) is 14.3. The Morgan fingerprint density at radius 2 is 0.958 bits per heavy atom. The molecule has 15 nitrogen and oxygen atoms in total. The molecule has 3 heterocycles. The molecule has 6 rings (SSSR count). The monoisotopic (exact) mass is 714 g/mol. The fourth-order valence-electron chi connectivity index (χ4n) is 3.92. The Morgan fingerprint density at radius 3 is 1.42 bits per heavy atom. The Hall–Kier alpha value is -6.03. The second kappa shape index (κ2) is 15.0. The van der Waals surface area contributed by atoms with Crippen LogP contribution in [0.1, 0.15) is 31.5 Å². The van der Waals surface area contributed by atoms with E-state index in [0.29, 0.717) is 32.1 Å². The Labute approximate surface area is 282 Å². The molecule has 0 aliphatic heterocycles. The minimum atomic E-state index is -1.19. The summed E-state index contributed by atoms with van der Waals surface area (Å²) in [5.74, 6) is -3.55. The van der Waals surface area contributed by atoms with E-state index in [0.717, 1.165) is 32.2 Å². The van der Waals surface area contributed by atoms with Crippen LogP contribution in [0.4, 0.5) is 0 Å². The van der Waals surface area contributed by atoms with Crippen LogP contribution in [-0.2, 0) is 0 Å². The van der Waals surface area contributed by atoms with Crippen molar-refractivity contribution in [1.29, 1.82) is 0 Å². The predicted molar refractivity (Wildman–Crippen MR) is 175 cm³/mol. The van der Waals surface area contributed by atoms with E-state index < -0.39 is 34.6 Å². The maximum Gasteiger partial charge on any atom is 0.353 e. The van der Waals surface area contributed by atoms with Crippen LogP contribution in [0.25, 0.3) is 17.1 Å². The molecule has 6 aromatic rings. The average Bonchev–Trinajstić information content (AvgIpc) is 3.75. The van der Waals surface area contributed by atoms with Crippen molar-refractivity contribution in [1.82, 2.24) is 29.3 Å². The van der Waals surface area contributed by atoms with E-state index in [1.807, 2.05) is 0 Å². The molecule has 0 radical (unpaired) electrons. The minimum Gasteiger partial charge on any atom is -0.477 e. The van der Waals surface area contributed by atoms with Gasteiger partial charge in [-0.2, -0.15) is 0 Å². The number of hydrogen-bond donors (Lipinski definition) is 6. The van der Waals surface area contributed by atoms with Crippen LogP contribution < -0.4 is 16.7 Å². The predicted octanol–water partition coefficient (Wildman–Crippen LogP) is 4.55. The van der Waals surface area contributed by atoms with E-state index in [9.17, 15) is 28.8 Å². The zero-order valence-electron chi connectivity index (χ0n) is 23.9. The quantitative estimate of drug-likeness (QED) is 0.142. The first kappa shape index (κ1) is 34.8. The van der Waals surface area contributed by atoms with Gasteiger partial charge in [0.05, 0.1) is 22.1 Å². The van der Waals surface area contributed by atoms with E-state index in [1.165, 1.54) is 0 Å². The molecule has 0 saturated heterocycles. The number of H-pyrrole nitrogens is 3. The van der Waals surface area contributed by atoms with Gasteiger partial charge in [-0.1, -0.05) is 53.0 Å². The van der Waals surface area contributed by atoms with Gasteiger partial charge in [0, 0.05) is 28.2 Å². The van der Waals surface area contributed by atoms with Gasteiger partial charge in [0.15, 0.2) is 0 Å². The molecule has 3 aromatic heterocycles. The normalized spacial score (nSPS) is 10.3. The maximum atomic E-state index is 11.5. The van der Waals surface area contributed by atoms with Crippen molar-refractivity contribution in [2.75, 3.05) is 0 Å². The third-order valence-electron chi connectivity index (χ3n) is 6.10. The number of aromatic amines is 3. The number of carboxylic acids is 3. The molecule has 246 valence electrons. The van der Waals surface area contributed by atoms with Gasteiger partial charge >= 0.3 is 17.9 Å². The van der Waals surface area contributed by atoms with Gasteiger partial charge in [-0.15, -0.1) is 0 Å². The lowest BCUT2D eigenvalue weighted by molar-refractivity contribution is 0.0679. The number of aromatic nitrogens is 6. The summed E-state index contributed by atoms with van der Waals surface area (Å²) in [5, 5.41) is 34.9. The zero-order valence-corrected chi connectivity index (χ0v) is 26.2. The molecule has 0 fully saturated rings. The summed E-state index contributed by atoms with van der Waals surface area (Å²) in [6, 6.07) is 22.7. The van der Waals surface area contributed by atoms with Crippen LogP contribution in [0, 0.1) is 0 Å². The average molecular weight is 716 g/mol. The Balaban J connectivity index is 0.000000163. The molecule has 0 unspecified atom stereocenters. The van der Waals surface area contributed by atoms with Gasteiger partial charge in [0.2, 0.25) is 0 Å². The van der Waals surface area contributed by atoms with Gasteiger partial charge in [0.25, 0.3) is 16.7 Å². The smallest absolute Gasteiger partial charge is 0.353 e. The number of rotatable bonds is 6. The van der Waals surface area contributed by atoms with Crippen molar-refractivity contribution >= 4 is 52.7 Å². The van der Waals surface area contributed by atoms with Crippen molar-refractivity contribution in [3.8, 4) is 17.1 Å². The fraction of sp³-hybridized carbons (Fsp3) is 0. The van der Waals surface area contributed by atoms with Crippen LogP contribution in [0.5, 0.6) is 0 Å². The number of nitrogens with zero attached hydrogens (tertiary/aromatic N) is 3. The fourth-order valence-corrected chi connectivity index (χ4v) is 4.45. The highest BCUT2D eigenvalue weighted by molar-refractivity contribution is 6.32. The van der Waals surface area contributed by atoms with Crippen molar-refractivity contribution in [3.63, 3.8) is 0 Å². The summed E-state index contributed by atoms with van der Waals surface area (Å²) in [5.41, 5.74) is -0.395. The first-order valence-electron chi connectivity index (χ1n) is 13.2. The number of carbonyl (C=O) groups is 3. The number of para-hydroxylation sites is 1. The molecule has 6 N–H and O–H groups in total. The van der Waals surface area contributed by atoms with Crippen LogP contribution in [0.15, 0.2) is 105 Å². The van der Waals surface area contributed by atoms with Crippen LogP contribution in [-0.4, -0.2) is 62.6 Å². The second-order valence-corrected chi connectivity index (χ2v) is 10.6. The van der Waals surface area contributed by atoms with E-state index in [-0.39, 0.29) is 17.1 Å². The molecule has 48 heavy (non-hydrogen) atoms. The van der Waals surface area contributed by atoms with Crippen molar-refractivity contribution in [3.05, 3.63) is 154 Å². The molecule has 0 bridgehead atoms. The number of hydrogen-bond acceptors (Lipinski definition) is 6. The number of aromatic carboxylic acids is 3. The Kier molecular flexibility index (Phi) is 10.9. The van der Waals surface area contributed by atoms with Gasteiger partial charge in [-0.25, -0.2) is 28.4 Å². The maximum absolute atomic E-state index is 11.5. The summed E-state index contributed by atoms with van der Waals surface area (Å²) < 4.78 is 3.35. The molecule has 3 aromatic carbocycles. The van der Waals surface area contributed by atoms with Crippen LogP contribution in [0.2, 0.25) is 15.1 Å². The lowest BCUT2D eigenvalue weighted by Crippen LogP contribution is -2.13. The molecular weight excluding hydrogens is 695 g/mol. The third kappa shape index (κ3) is 8.41. The Morgan fingerprint density at radius 1 is 0.500 bits per heavy atom. The lowest BCUT2D eigenvalue weighted by Gasteiger charge is -2.03. The molecule has 0 spiro atoms. The van der Waals surface area contributed by atoms with Crippen molar-refractivity contribution in [2.45, 2.75) is 0 Å². The highest BCUT2D eigenvalue weighted by Crippen LogP contribution is 2.17. The molecule has 0 atom stereocenters. The standard InChI is InChI=1S/3C10H7ClN2O3/c11-6-1-3-7(4-2-6)13-9(14)5-8(12-13)10(15)16;11-6-2-1-3-7(4-6)13-9(14)5-8(12-13)10(15)16;11-6-3-1-2-4-8(6)13-9(14)5-7(12-13)10(15)16/h3*1-5,12H,(H,15,16). The van der Waals surface area contributed by atoms with Gasteiger partial charge in [0.1, 0.15) is 17.1 Å². The van der Waals surface area contributed by atoms with E-state index >= 15 is 0 Å². The minimum absolute atomic E-state index is 0.153. The van der Waals surface area contributed by atoms with Gasteiger partial charge in [-0.05, 0) is 54.6 Å². The summed E-state index contributed by atoms with van der Waals surface area (Å²) >= 11 is 17.4. The molecular formula is C30H21Cl3N6O9. The van der Waals surface area contributed by atoms with Gasteiger partial charge < -0.3 is 15.3 Å². The van der Waals surface area contributed by atoms with Crippen molar-refractivity contribution in [2.24, 2.45) is 0 Å². The summed E-state index contributed by atoms with van der Waals surface area (Å²) in [6.45, 7) is 0. The lowest BCUT2D eigenvalue weighted by atomic mass is 10.3. The highest BCUT2D eigenvalue weighted by Gasteiger charge is 2.13. The zero-order chi connectivity index (χ0) is 35.1. The van der Waals surface area contributed by atoms with Crippen LogP contribution >= 0.6 is 34.8 Å². The number of nitrogens with one attached hydrogen (secondary N) is 3. The summed E-state index contributed by atoms with van der Waals surface area (Å²) in [7, 11) is 0. The largest absolute Gasteiger partial charge is 0.477 e. The molecule has 0 aliphatic rings. The molecule has 18 heteroatoms. The number of benzene rings is 3. The van der Waals surface area contributed by atoms with Crippen molar-refractivity contribution < 1.29 is 29.7 Å².